The Morgan fingerprint density at radius 3 is 2.75 bits per heavy atom. The van der Waals surface area contributed by atoms with Crippen LogP contribution in [0.5, 0.6) is 0 Å². The van der Waals surface area contributed by atoms with Crippen molar-refractivity contribution >= 4 is 11.7 Å². The molecule has 5 N–H and O–H groups in total. The van der Waals surface area contributed by atoms with Gasteiger partial charge in [0.15, 0.2) is 5.84 Å². The third kappa shape index (κ3) is 3.46. The number of H-pyrrole nitrogens is 1. The van der Waals surface area contributed by atoms with Gasteiger partial charge in [-0.1, -0.05) is 19.0 Å². The molecule has 0 saturated carbocycles. The summed E-state index contributed by atoms with van der Waals surface area (Å²) in [6.07, 6.45) is 3.85. The summed E-state index contributed by atoms with van der Waals surface area (Å²) < 4.78 is 0. The van der Waals surface area contributed by atoms with E-state index in [1.165, 1.54) is 6.33 Å². The minimum Gasteiger partial charge on any atom is -0.409 e. The molecule has 112 valence electrons. The molecule has 1 heterocycles. The van der Waals surface area contributed by atoms with Gasteiger partial charge < -0.3 is 16.3 Å². The molecule has 0 saturated heterocycles. The van der Waals surface area contributed by atoms with Crippen LogP contribution in [-0.4, -0.2) is 38.7 Å². The van der Waals surface area contributed by atoms with Gasteiger partial charge in [0.05, 0.1) is 0 Å². The van der Waals surface area contributed by atoms with Crippen LogP contribution in [-0.2, 0) is 11.2 Å². The molecule has 1 rings (SSSR count). The number of aromatic amines is 1. The number of nitrogens with two attached hydrogens (primary N) is 1. The maximum Gasteiger partial charge on any atom is 0.233 e. The van der Waals surface area contributed by atoms with Crippen molar-refractivity contribution in [1.29, 1.82) is 0 Å². The minimum atomic E-state index is -0.943. The number of nitrogens with one attached hydrogen (secondary N) is 2. The zero-order valence-corrected chi connectivity index (χ0v) is 11.9. The largest absolute Gasteiger partial charge is 0.409 e. The summed E-state index contributed by atoms with van der Waals surface area (Å²) in [4.78, 5) is 16.3. The average molecular weight is 282 g/mol. The van der Waals surface area contributed by atoms with Gasteiger partial charge in [-0.2, -0.15) is 5.10 Å². The molecule has 0 aliphatic rings. The summed E-state index contributed by atoms with van der Waals surface area (Å²) in [5.41, 5.74) is 4.73. The average Bonchev–Trinajstić information content (AvgIpc) is 2.98. The lowest BCUT2D eigenvalue weighted by Crippen LogP contribution is -2.49. The molecule has 1 aromatic rings. The number of aryl methyl sites for hydroxylation is 1. The summed E-state index contributed by atoms with van der Waals surface area (Å²) in [5.74, 6) is 0.526. The van der Waals surface area contributed by atoms with Gasteiger partial charge in [0, 0.05) is 13.0 Å². The molecule has 0 spiro atoms. The van der Waals surface area contributed by atoms with Crippen LogP contribution in [0.25, 0.3) is 0 Å². The van der Waals surface area contributed by atoms with Crippen molar-refractivity contribution in [1.82, 2.24) is 20.5 Å². The van der Waals surface area contributed by atoms with Gasteiger partial charge in [0.1, 0.15) is 17.6 Å². The Balaban J connectivity index is 2.50. The third-order valence-corrected chi connectivity index (χ3v) is 3.58. The van der Waals surface area contributed by atoms with Crippen LogP contribution >= 0.6 is 0 Å². The molecule has 0 aromatic carbocycles. The highest BCUT2D eigenvalue weighted by Crippen LogP contribution is 2.26. The Morgan fingerprint density at radius 1 is 1.55 bits per heavy atom. The molecule has 20 heavy (non-hydrogen) atoms. The molecular formula is C12H22N6O2. The van der Waals surface area contributed by atoms with Gasteiger partial charge >= 0.3 is 0 Å². The van der Waals surface area contributed by atoms with E-state index in [0.717, 1.165) is 12.2 Å². The van der Waals surface area contributed by atoms with E-state index in [1.54, 1.807) is 0 Å². The van der Waals surface area contributed by atoms with Crippen LogP contribution in [0.4, 0.5) is 0 Å². The molecule has 8 heteroatoms. The van der Waals surface area contributed by atoms with E-state index in [4.69, 9.17) is 10.9 Å². The number of oxime groups is 1. The first-order valence-electron chi connectivity index (χ1n) is 6.71. The third-order valence-electron chi connectivity index (χ3n) is 3.58. The van der Waals surface area contributed by atoms with Crippen molar-refractivity contribution in [2.75, 3.05) is 6.54 Å². The highest BCUT2D eigenvalue weighted by molar-refractivity contribution is 6.06. The summed E-state index contributed by atoms with van der Waals surface area (Å²) in [6, 6.07) is 0. The lowest BCUT2D eigenvalue weighted by molar-refractivity contribution is -0.128. The van der Waals surface area contributed by atoms with E-state index in [0.29, 0.717) is 25.8 Å². The highest BCUT2D eigenvalue weighted by atomic mass is 16.4. The molecule has 0 aliphatic heterocycles. The van der Waals surface area contributed by atoms with Gasteiger partial charge in [-0.15, -0.1) is 0 Å². The van der Waals surface area contributed by atoms with Gasteiger partial charge in [0.2, 0.25) is 5.91 Å². The molecule has 0 aliphatic carbocycles. The monoisotopic (exact) mass is 282 g/mol. The van der Waals surface area contributed by atoms with E-state index in [1.807, 2.05) is 13.8 Å². The Bertz CT molecular complexity index is 439. The SMILES string of the molecule is CCC(CC)(C(=O)NCCCc1ncn[nH]1)C(N)=NO. The molecule has 0 radical (unpaired) electrons. The number of carbonyl (C=O) groups excluding carboxylic acids is 1. The Morgan fingerprint density at radius 2 is 2.25 bits per heavy atom. The quantitative estimate of drug-likeness (QED) is 0.180. The number of nitrogens with zero attached hydrogens (tertiary/aromatic N) is 3. The molecule has 1 amide bonds. The van der Waals surface area contributed by atoms with E-state index in [9.17, 15) is 4.79 Å². The molecule has 8 nitrogen and oxygen atoms in total. The zero-order valence-electron chi connectivity index (χ0n) is 11.9. The molecular weight excluding hydrogens is 260 g/mol. The van der Waals surface area contributed by atoms with Crippen LogP contribution in [0.1, 0.15) is 38.9 Å². The van der Waals surface area contributed by atoms with Crippen molar-refractivity contribution in [2.45, 2.75) is 39.5 Å². The van der Waals surface area contributed by atoms with E-state index in [2.05, 4.69) is 25.7 Å². The topological polar surface area (TPSA) is 129 Å². The predicted octanol–water partition coefficient (Wildman–Crippen LogP) is 0.406. The van der Waals surface area contributed by atoms with Crippen LogP contribution in [0, 0.1) is 5.41 Å². The number of rotatable bonds is 8. The smallest absolute Gasteiger partial charge is 0.233 e. The Labute approximate surface area is 117 Å². The van der Waals surface area contributed by atoms with Gasteiger partial charge in [-0.05, 0) is 19.3 Å². The van der Waals surface area contributed by atoms with Crippen molar-refractivity contribution in [3.63, 3.8) is 0 Å². The summed E-state index contributed by atoms with van der Waals surface area (Å²) in [6.45, 7) is 4.19. The number of hydrogen-bond donors (Lipinski definition) is 4. The van der Waals surface area contributed by atoms with Crippen molar-refractivity contribution in [2.24, 2.45) is 16.3 Å². The first kappa shape index (κ1) is 15.9. The van der Waals surface area contributed by atoms with Crippen LogP contribution in [0.15, 0.2) is 11.5 Å². The summed E-state index contributed by atoms with van der Waals surface area (Å²) in [7, 11) is 0. The second-order valence-corrected chi connectivity index (χ2v) is 4.57. The van der Waals surface area contributed by atoms with Crippen LogP contribution in [0.2, 0.25) is 0 Å². The molecule has 0 fully saturated rings. The fraction of sp³-hybridized carbons (Fsp3) is 0.667. The van der Waals surface area contributed by atoms with Crippen molar-refractivity contribution in [3.8, 4) is 0 Å². The second kappa shape index (κ2) is 7.46. The van der Waals surface area contributed by atoms with Crippen molar-refractivity contribution < 1.29 is 10.0 Å². The summed E-state index contributed by atoms with van der Waals surface area (Å²) in [5, 5.41) is 21.2. The first-order chi connectivity index (χ1) is 9.60. The van der Waals surface area contributed by atoms with E-state index < -0.39 is 5.41 Å². The molecule has 0 unspecified atom stereocenters. The molecule has 1 aromatic heterocycles. The van der Waals surface area contributed by atoms with Crippen LogP contribution in [0.3, 0.4) is 0 Å². The fourth-order valence-corrected chi connectivity index (χ4v) is 2.12. The maximum atomic E-state index is 12.3. The predicted molar refractivity (Wildman–Crippen MR) is 74.1 cm³/mol. The summed E-state index contributed by atoms with van der Waals surface area (Å²) >= 11 is 0. The number of aromatic nitrogens is 3. The van der Waals surface area contributed by atoms with Gasteiger partial charge in [-0.25, -0.2) is 4.98 Å². The molecule has 0 atom stereocenters. The maximum absolute atomic E-state index is 12.3. The van der Waals surface area contributed by atoms with E-state index >= 15 is 0 Å². The van der Waals surface area contributed by atoms with Crippen molar-refractivity contribution in [3.05, 3.63) is 12.2 Å². The second-order valence-electron chi connectivity index (χ2n) is 4.57. The lowest BCUT2D eigenvalue weighted by atomic mass is 9.80. The number of hydrogen-bond acceptors (Lipinski definition) is 5. The Hall–Kier alpha value is -2.12. The van der Waals surface area contributed by atoms with Gasteiger partial charge in [-0.3, -0.25) is 9.89 Å². The lowest BCUT2D eigenvalue weighted by Gasteiger charge is -2.28. The van der Waals surface area contributed by atoms with Crippen LogP contribution < -0.4 is 11.1 Å². The first-order valence-corrected chi connectivity index (χ1v) is 6.71. The number of amides is 1. The highest BCUT2D eigenvalue weighted by Gasteiger charge is 2.39. The fourth-order valence-electron chi connectivity index (χ4n) is 2.12. The number of amidine groups is 1. The zero-order chi connectivity index (χ0) is 15.0. The Kier molecular flexibility index (Phi) is 5.95. The molecule has 0 bridgehead atoms. The van der Waals surface area contributed by atoms with Gasteiger partial charge in [0.25, 0.3) is 0 Å². The number of carbonyl (C=O) groups is 1. The minimum absolute atomic E-state index is 0.0461. The standard InChI is InChI=1S/C12H22N6O2/c1-3-12(4-2,10(13)18-20)11(19)14-7-5-6-9-15-8-16-17-9/h8,20H,3-7H2,1-2H3,(H2,13,18)(H,14,19)(H,15,16,17). The van der Waals surface area contributed by atoms with E-state index in [-0.39, 0.29) is 11.7 Å². The normalized spacial score (nSPS) is 12.4.